The van der Waals surface area contributed by atoms with Crippen molar-refractivity contribution in [3.8, 4) is 23.1 Å². The first-order valence-electron chi connectivity index (χ1n) is 12.5. The number of fused-ring (bicyclic) bond motifs is 1. The Labute approximate surface area is 241 Å². The van der Waals surface area contributed by atoms with Gasteiger partial charge in [-0.15, -0.1) is 0 Å². The molecule has 1 aliphatic rings. The van der Waals surface area contributed by atoms with E-state index in [-0.39, 0.29) is 22.9 Å². The molecule has 0 radical (unpaired) electrons. The molecule has 2 aromatic carbocycles. The lowest BCUT2D eigenvalue weighted by Crippen LogP contribution is -2.30. The van der Waals surface area contributed by atoms with Gasteiger partial charge >= 0.3 is 0 Å². The number of carbonyl (C=O) groups is 1. The van der Waals surface area contributed by atoms with Gasteiger partial charge in [-0.3, -0.25) is 18.9 Å². The zero-order valence-electron chi connectivity index (χ0n) is 22.5. The smallest absolute Gasteiger partial charge is 0.269 e. The molecule has 2 aromatic heterocycles. The van der Waals surface area contributed by atoms with Gasteiger partial charge in [-0.05, 0) is 67.8 Å². The van der Waals surface area contributed by atoms with Gasteiger partial charge in [0.15, 0.2) is 11.5 Å². The molecule has 0 bridgehead atoms. The Morgan fingerprint density at radius 1 is 0.975 bits per heavy atom. The van der Waals surface area contributed by atoms with Crippen LogP contribution in [0, 0.1) is 13.8 Å². The van der Waals surface area contributed by atoms with Gasteiger partial charge in [0.25, 0.3) is 11.5 Å². The summed E-state index contributed by atoms with van der Waals surface area (Å²) in [7, 11) is 3.16. The van der Waals surface area contributed by atoms with E-state index in [9.17, 15) is 9.59 Å². The molecule has 204 valence electrons. The highest BCUT2D eigenvalue weighted by molar-refractivity contribution is 8.26. The van der Waals surface area contributed by atoms with Crippen molar-refractivity contribution in [2.24, 2.45) is 0 Å². The van der Waals surface area contributed by atoms with E-state index >= 15 is 0 Å². The number of aryl methyl sites for hydroxylation is 2. The third-order valence-electron chi connectivity index (χ3n) is 6.49. The molecule has 0 spiro atoms. The van der Waals surface area contributed by atoms with E-state index in [0.717, 1.165) is 28.5 Å². The number of nitrogens with zero attached hydrogens (tertiary/aromatic N) is 3. The fourth-order valence-electron chi connectivity index (χ4n) is 4.40. The van der Waals surface area contributed by atoms with E-state index in [0.29, 0.717) is 45.1 Å². The van der Waals surface area contributed by atoms with Crippen molar-refractivity contribution < 1.29 is 19.0 Å². The second-order valence-corrected chi connectivity index (χ2v) is 10.9. The minimum absolute atomic E-state index is 0.124. The maximum absolute atomic E-state index is 13.6. The van der Waals surface area contributed by atoms with E-state index in [4.69, 9.17) is 26.4 Å². The molecule has 0 saturated carbocycles. The third-order valence-corrected chi connectivity index (χ3v) is 7.87. The van der Waals surface area contributed by atoms with Gasteiger partial charge in [0.05, 0.1) is 19.1 Å². The van der Waals surface area contributed by atoms with Crippen LogP contribution in [-0.2, 0) is 11.2 Å². The molecule has 1 saturated heterocycles. The van der Waals surface area contributed by atoms with E-state index in [1.54, 1.807) is 43.5 Å². The Morgan fingerprint density at radius 2 is 1.75 bits per heavy atom. The second kappa shape index (κ2) is 11.5. The summed E-state index contributed by atoms with van der Waals surface area (Å²) in [6, 6.07) is 16.7. The van der Waals surface area contributed by atoms with Gasteiger partial charge in [-0.25, -0.2) is 0 Å². The Balaban J connectivity index is 1.46. The van der Waals surface area contributed by atoms with Crippen molar-refractivity contribution in [1.82, 2.24) is 14.3 Å². The number of thiocarbonyl (C=S) groups is 1. The standard InChI is InChI=1S/C30H27N3O5S2/c1-18-8-10-22(19(2)15-18)38-27-21(28(34)32-13-6-5-7-26(32)31-27)17-25-29(35)33(30(39)40-25)14-12-20-9-11-23(36-3)24(16-20)37-4/h5-11,13,15-17H,12,14H2,1-4H3/b25-17+. The molecule has 0 aliphatic carbocycles. The van der Waals surface area contributed by atoms with E-state index in [2.05, 4.69) is 4.98 Å². The Morgan fingerprint density at radius 3 is 2.50 bits per heavy atom. The summed E-state index contributed by atoms with van der Waals surface area (Å²) in [5, 5.41) is 0. The number of benzene rings is 2. The Hall–Kier alpha value is -4.15. The number of ether oxygens (including phenoxy) is 3. The molecule has 0 atom stereocenters. The van der Waals surface area contributed by atoms with Gasteiger partial charge in [-0.2, -0.15) is 4.98 Å². The maximum atomic E-state index is 13.6. The van der Waals surface area contributed by atoms with Crippen LogP contribution in [0.4, 0.5) is 0 Å². The summed E-state index contributed by atoms with van der Waals surface area (Å²) in [4.78, 5) is 33.5. The van der Waals surface area contributed by atoms with Crippen molar-refractivity contribution in [2.75, 3.05) is 20.8 Å². The van der Waals surface area contributed by atoms with E-state index in [1.807, 2.05) is 50.2 Å². The largest absolute Gasteiger partial charge is 0.493 e. The predicted octanol–water partition coefficient (Wildman–Crippen LogP) is 5.56. The van der Waals surface area contributed by atoms with Crippen LogP contribution in [-0.4, -0.2) is 45.3 Å². The summed E-state index contributed by atoms with van der Waals surface area (Å²) in [5.41, 5.74) is 3.23. The number of rotatable bonds is 8. The lowest BCUT2D eigenvalue weighted by atomic mass is 10.1. The number of pyridine rings is 1. The van der Waals surface area contributed by atoms with Gasteiger partial charge in [0.1, 0.15) is 21.3 Å². The normalized spacial score (nSPS) is 14.3. The fourth-order valence-corrected chi connectivity index (χ4v) is 5.69. The minimum atomic E-state index is -0.346. The van der Waals surface area contributed by atoms with E-state index in [1.165, 1.54) is 10.5 Å². The van der Waals surface area contributed by atoms with Crippen molar-refractivity contribution in [2.45, 2.75) is 20.3 Å². The molecule has 5 rings (SSSR count). The van der Waals surface area contributed by atoms with Crippen LogP contribution in [0.15, 0.2) is 70.5 Å². The van der Waals surface area contributed by atoms with Crippen molar-refractivity contribution >= 4 is 45.9 Å². The average Bonchev–Trinajstić information content (AvgIpc) is 3.22. The van der Waals surface area contributed by atoms with E-state index < -0.39 is 0 Å². The molecular weight excluding hydrogens is 546 g/mol. The van der Waals surface area contributed by atoms with Crippen LogP contribution in [0.1, 0.15) is 22.3 Å². The summed E-state index contributed by atoms with van der Waals surface area (Å²) in [6.45, 7) is 4.30. The first-order chi connectivity index (χ1) is 19.3. The zero-order valence-corrected chi connectivity index (χ0v) is 24.1. The number of amides is 1. The summed E-state index contributed by atoms with van der Waals surface area (Å²) in [6.07, 6.45) is 3.72. The molecule has 1 amide bonds. The highest BCUT2D eigenvalue weighted by Gasteiger charge is 2.32. The van der Waals surface area contributed by atoms with Crippen molar-refractivity contribution in [1.29, 1.82) is 0 Å². The molecule has 0 unspecified atom stereocenters. The molecule has 4 aromatic rings. The zero-order chi connectivity index (χ0) is 28.4. The maximum Gasteiger partial charge on any atom is 0.269 e. The molecule has 1 fully saturated rings. The summed E-state index contributed by atoms with van der Waals surface area (Å²) in [5.74, 6) is 1.68. The van der Waals surface area contributed by atoms with Crippen molar-refractivity contribution in [3.05, 3.63) is 98.3 Å². The first kappa shape index (κ1) is 27.4. The summed E-state index contributed by atoms with van der Waals surface area (Å²) >= 11 is 6.70. The lowest BCUT2D eigenvalue weighted by molar-refractivity contribution is -0.122. The van der Waals surface area contributed by atoms with Crippen LogP contribution in [0.3, 0.4) is 0 Å². The number of methoxy groups -OCH3 is 2. The molecule has 10 heteroatoms. The van der Waals surface area contributed by atoms with Crippen LogP contribution >= 0.6 is 24.0 Å². The van der Waals surface area contributed by atoms with Crippen LogP contribution in [0.2, 0.25) is 0 Å². The minimum Gasteiger partial charge on any atom is -0.493 e. The van der Waals surface area contributed by atoms with Gasteiger partial charge in [0, 0.05) is 12.7 Å². The highest BCUT2D eigenvalue weighted by Crippen LogP contribution is 2.35. The average molecular weight is 574 g/mol. The number of hydrogen-bond acceptors (Lipinski definition) is 8. The van der Waals surface area contributed by atoms with Crippen LogP contribution in [0.5, 0.6) is 23.1 Å². The first-order valence-corrected chi connectivity index (χ1v) is 13.7. The Bertz CT molecular complexity index is 1730. The third kappa shape index (κ3) is 5.45. The monoisotopic (exact) mass is 573 g/mol. The quantitative estimate of drug-likeness (QED) is 0.200. The molecule has 40 heavy (non-hydrogen) atoms. The predicted molar refractivity (Wildman–Crippen MR) is 161 cm³/mol. The molecule has 8 nitrogen and oxygen atoms in total. The topological polar surface area (TPSA) is 82.4 Å². The lowest BCUT2D eigenvalue weighted by Gasteiger charge is -2.15. The SMILES string of the molecule is COc1ccc(CCN2C(=O)/C(=C\c3c(Oc4ccc(C)cc4C)nc4ccccn4c3=O)SC2=S)cc1OC. The van der Waals surface area contributed by atoms with Gasteiger partial charge < -0.3 is 14.2 Å². The second-order valence-electron chi connectivity index (χ2n) is 9.21. The molecule has 3 heterocycles. The highest BCUT2D eigenvalue weighted by atomic mass is 32.2. The fraction of sp³-hybridized carbons (Fsp3) is 0.200. The van der Waals surface area contributed by atoms with Crippen LogP contribution < -0.4 is 19.8 Å². The Kier molecular flexibility index (Phi) is 7.90. The number of thioether (sulfide) groups is 1. The summed E-state index contributed by atoms with van der Waals surface area (Å²) < 4.78 is 18.7. The number of aromatic nitrogens is 2. The molecule has 0 N–H and O–H groups in total. The van der Waals surface area contributed by atoms with Crippen LogP contribution in [0.25, 0.3) is 11.7 Å². The van der Waals surface area contributed by atoms with Gasteiger partial charge in [0.2, 0.25) is 5.88 Å². The molecular formula is C30H27N3O5S2. The van der Waals surface area contributed by atoms with Gasteiger partial charge in [-0.1, -0.05) is 53.8 Å². The number of hydrogen-bond donors (Lipinski definition) is 0. The molecule has 1 aliphatic heterocycles. The van der Waals surface area contributed by atoms with Crippen molar-refractivity contribution in [3.63, 3.8) is 0 Å². The number of carbonyl (C=O) groups excluding carboxylic acids is 1.